The third-order valence-corrected chi connectivity index (χ3v) is 3.88. The number of nitrogens with one attached hydrogen (secondary N) is 1. The molecule has 2 fully saturated rings. The van der Waals surface area contributed by atoms with Gasteiger partial charge in [0.1, 0.15) is 5.76 Å². The Labute approximate surface area is 96.8 Å². The summed E-state index contributed by atoms with van der Waals surface area (Å²) in [6.45, 7) is 2.33. The van der Waals surface area contributed by atoms with Crippen molar-refractivity contribution in [1.82, 2.24) is 10.2 Å². The fraction of sp³-hybridized carbons (Fsp3) is 0.692. The number of furan rings is 1. The van der Waals surface area contributed by atoms with Gasteiger partial charge in [-0.3, -0.25) is 4.90 Å². The molecule has 0 aromatic carbocycles. The smallest absolute Gasteiger partial charge is 0.121 e. The minimum absolute atomic E-state index is 0.509. The molecule has 1 saturated heterocycles. The Balaban J connectivity index is 1.81. The lowest BCUT2D eigenvalue weighted by Crippen LogP contribution is -2.30. The second-order valence-corrected chi connectivity index (χ2v) is 5.04. The van der Waals surface area contributed by atoms with Crippen molar-refractivity contribution in [2.45, 2.75) is 31.3 Å². The van der Waals surface area contributed by atoms with Crippen molar-refractivity contribution in [3.05, 3.63) is 24.2 Å². The van der Waals surface area contributed by atoms with E-state index in [1.165, 1.54) is 25.8 Å². The van der Waals surface area contributed by atoms with Gasteiger partial charge in [0.05, 0.1) is 12.3 Å². The quantitative estimate of drug-likeness (QED) is 0.841. The molecule has 2 heterocycles. The van der Waals surface area contributed by atoms with Gasteiger partial charge < -0.3 is 9.73 Å². The molecule has 0 radical (unpaired) electrons. The first-order chi connectivity index (χ1) is 7.90. The molecule has 1 aliphatic heterocycles. The third-order valence-electron chi connectivity index (χ3n) is 3.88. The molecule has 88 valence electrons. The van der Waals surface area contributed by atoms with Gasteiger partial charge in [-0.1, -0.05) is 0 Å². The molecule has 3 heteroatoms. The summed E-state index contributed by atoms with van der Waals surface area (Å²) >= 11 is 0. The number of hydrogen-bond acceptors (Lipinski definition) is 3. The fourth-order valence-corrected chi connectivity index (χ4v) is 3.03. The summed E-state index contributed by atoms with van der Waals surface area (Å²) in [4.78, 5) is 2.65. The second kappa shape index (κ2) is 4.22. The Bertz CT molecular complexity index is 332. The molecule has 2 unspecified atom stereocenters. The van der Waals surface area contributed by atoms with Gasteiger partial charge >= 0.3 is 0 Å². The maximum atomic E-state index is 5.63. The number of nitrogens with zero attached hydrogens (tertiary/aromatic N) is 1. The molecule has 1 saturated carbocycles. The number of hydrogen-bond donors (Lipinski definition) is 1. The van der Waals surface area contributed by atoms with Gasteiger partial charge in [0.2, 0.25) is 0 Å². The summed E-state index contributed by atoms with van der Waals surface area (Å²) in [6.07, 6.45) is 5.85. The number of likely N-dealkylation sites (tertiary alicyclic amines) is 1. The average molecular weight is 220 g/mol. The summed E-state index contributed by atoms with van der Waals surface area (Å²) in [5, 5.41) is 3.31. The van der Waals surface area contributed by atoms with E-state index in [0.29, 0.717) is 12.0 Å². The lowest BCUT2D eigenvalue weighted by atomic mass is 9.98. The third kappa shape index (κ3) is 1.78. The predicted octanol–water partition coefficient (Wildman–Crippen LogP) is 2.02. The maximum absolute atomic E-state index is 5.63. The van der Waals surface area contributed by atoms with Gasteiger partial charge in [0.15, 0.2) is 0 Å². The molecule has 2 atom stereocenters. The monoisotopic (exact) mass is 220 g/mol. The average Bonchev–Trinajstić information content (AvgIpc) is 2.84. The van der Waals surface area contributed by atoms with E-state index in [1.54, 1.807) is 6.26 Å². The van der Waals surface area contributed by atoms with Gasteiger partial charge in [-0.15, -0.1) is 0 Å². The van der Waals surface area contributed by atoms with Crippen LogP contribution in [0.5, 0.6) is 0 Å². The van der Waals surface area contributed by atoms with Gasteiger partial charge in [-0.05, 0) is 57.5 Å². The Hall–Kier alpha value is -0.800. The van der Waals surface area contributed by atoms with Crippen molar-refractivity contribution in [1.29, 1.82) is 0 Å². The van der Waals surface area contributed by atoms with Crippen molar-refractivity contribution in [3.8, 4) is 0 Å². The van der Waals surface area contributed by atoms with E-state index in [1.807, 2.05) is 13.1 Å². The molecule has 1 aliphatic carbocycles. The standard InChI is InChI=1S/C13H20N2O/c1-14-9-10-6-7-15(11-4-5-11)13(10)12-3-2-8-16-12/h2-3,8,10-11,13-14H,4-7,9H2,1H3. The molecule has 3 nitrogen and oxygen atoms in total. The SMILES string of the molecule is CNCC1CCN(C2CC2)C1c1ccco1. The highest BCUT2D eigenvalue weighted by atomic mass is 16.3. The second-order valence-electron chi connectivity index (χ2n) is 5.04. The molecular weight excluding hydrogens is 200 g/mol. The molecule has 0 amide bonds. The van der Waals surface area contributed by atoms with Gasteiger partial charge in [-0.25, -0.2) is 0 Å². The fourth-order valence-electron chi connectivity index (χ4n) is 3.03. The Morgan fingerprint density at radius 2 is 2.31 bits per heavy atom. The Morgan fingerprint density at radius 1 is 1.44 bits per heavy atom. The summed E-state index contributed by atoms with van der Waals surface area (Å²) in [7, 11) is 2.04. The van der Waals surface area contributed by atoms with Gasteiger partial charge in [0.25, 0.3) is 0 Å². The summed E-state index contributed by atoms with van der Waals surface area (Å²) in [6, 6.07) is 5.48. The molecule has 2 aliphatic rings. The van der Waals surface area contributed by atoms with E-state index < -0.39 is 0 Å². The van der Waals surface area contributed by atoms with Crippen LogP contribution in [0.2, 0.25) is 0 Å². The lowest BCUT2D eigenvalue weighted by molar-refractivity contribution is 0.190. The molecule has 1 N–H and O–H groups in total. The van der Waals surface area contributed by atoms with Crippen LogP contribution in [0.15, 0.2) is 22.8 Å². The molecule has 16 heavy (non-hydrogen) atoms. The van der Waals surface area contributed by atoms with E-state index in [0.717, 1.165) is 18.3 Å². The van der Waals surface area contributed by atoms with Crippen molar-refractivity contribution in [2.24, 2.45) is 5.92 Å². The molecule has 0 spiro atoms. The highest BCUT2D eigenvalue weighted by molar-refractivity contribution is 5.11. The van der Waals surface area contributed by atoms with Crippen LogP contribution in [0.3, 0.4) is 0 Å². The molecule has 0 bridgehead atoms. The first-order valence-corrected chi connectivity index (χ1v) is 6.34. The summed E-state index contributed by atoms with van der Waals surface area (Å²) in [5.41, 5.74) is 0. The van der Waals surface area contributed by atoms with Crippen LogP contribution < -0.4 is 5.32 Å². The Kier molecular flexibility index (Phi) is 2.74. The number of rotatable bonds is 4. The minimum atomic E-state index is 0.509. The highest BCUT2D eigenvalue weighted by Crippen LogP contribution is 2.43. The van der Waals surface area contributed by atoms with Gasteiger partial charge in [-0.2, -0.15) is 0 Å². The van der Waals surface area contributed by atoms with Gasteiger partial charge in [0, 0.05) is 6.04 Å². The van der Waals surface area contributed by atoms with Crippen molar-refractivity contribution >= 4 is 0 Å². The minimum Gasteiger partial charge on any atom is -0.468 e. The zero-order valence-corrected chi connectivity index (χ0v) is 9.86. The van der Waals surface area contributed by atoms with Crippen molar-refractivity contribution < 1.29 is 4.42 Å². The highest BCUT2D eigenvalue weighted by Gasteiger charge is 2.43. The van der Waals surface area contributed by atoms with Crippen LogP contribution in [-0.2, 0) is 0 Å². The first-order valence-electron chi connectivity index (χ1n) is 6.34. The van der Waals surface area contributed by atoms with Crippen LogP contribution in [0.1, 0.15) is 31.1 Å². The molecular formula is C13H20N2O. The molecule has 1 aromatic heterocycles. The summed E-state index contributed by atoms with van der Waals surface area (Å²) in [5.74, 6) is 1.86. The molecule has 3 rings (SSSR count). The summed E-state index contributed by atoms with van der Waals surface area (Å²) < 4.78 is 5.63. The lowest BCUT2D eigenvalue weighted by Gasteiger charge is -2.26. The van der Waals surface area contributed by atoms with Crippen LogP contribution in [0, 0.1) is 5.92 Å². The molecule has 1 aromatic rings. The van der Waals surface area contributed by atoms with E-state index >= 15 is 0 Å². The largest absolute Gasteiger partial charge is 0.468 e. The maximum Gasteiger partial charge on any atom is 0.121 e. The van der Waals surface area contributed by atoms with Crippen LogP contribution >= 0.6 is 0 Å². The van der Waals surface area contributed by atoms with Crippen molar-refractivity contribution in [2.75, 3.05) is 20.1 Å². The zero-order valence-electron chi connectivity index (χ0n) is 9.86. The van der Waals surface area contributed by atoms with Crippen LogP contribution in [0.25, 0.3) is 0 Å². The zero-order chi connectivity index (χ0) is 11.0. The van der Waals surface area contributed by atoms with E-state index in [-0.39, 0.29) is 0 Å². The Morgan fingerprint density at radius 3 is 2.94 bits per heavy atom. The van der Waals surface area contributed by atoms with E-state index in [9.17, 15) is 0 Å². The van der Waals surface area contributed by atoms with Crippen LogP contribution in [0.4, 0.5) is 0 Å². The van der Waals surface area contributed by atoms with E-state index in [2.05, 4.69) is 16.3 Å². The van der Waals surface area contributed by atoms with Crippen molar-refractivity contribution in [3.63, 3.8) is 0 Å². The van der Waals surface area contributed by atoms with E-state index in [4.69, 9.17) is 4.42 Å². The van der Waals surface area contributed by atoms with Crippen LogP contribution in [-0.4, -0.2) is 31.1 Å². The first kappa shape index (κ1) is 10.4. The topological polar surface area (TPSA) is 28.4 Å². The predicted molar refractivity (Wildman–Crippen MR) is 63.2 cm³/mol. The normalized spacial score (nSPS) is 31.1.